The van der Waals surface area contributed by atoms with Gasteiger partial charge in [0.15, 0.2) is 5.76 Å². The maximum absolute atomic E-state index is 12.4. The number of carbonyl (C=O) groups excluding carboxylic acids is 2. The Bertz CT molecular complexity index is 668. The van der Waals surface area contributed by atoms with Crippen LogP contribution in [0.15, 0.2) is 53.1 Å². The first-order valence-electron chi connectivity index (χ1n) is 8.31. The van der Waals surface area contributed by atoms with E-state index in [0.29, 0.717) is 6.42 Å². The van der Waals surface area contributed by atoms with E-state index in [2.05, 4.69) is 10.6 Å². The molecule has 6 nitrogen and oxygen atoms in total. The zero-order chi connectivity index (χ0) is 18.2. The van der Waals surface area contributed by atoms with Gasteiger partial charge in [-0.2, -0.15) is 0 Å². The Morgan fingerprint density at radius 2 is 1.84 bits per heavy atom. The van der Waals surface area contributed by atoms with E-state index in [1.807, 2.05) is 44.2 Å². The number of aliphatic hydroxyl groups is 1. The lowest BCUT2D eigenvalue weighted by molar-refractivity contribution is -0.124. The van der Waals surface area contributed by atoms with Crippen molar-refractivity contribution in [3.63, 3.8) is 0 Å². The van der Waals surface area contributed by atoms with E-state index >= 15 is 0 Å². The van der Waals surface area contributed by atoms with Gasteiger partial charge in [-0.25, -0.2) is 0 Å². The first-order valence-corrected chi connectivity index (χ1v) is 8.31. The van der Waals surface area contributed by atoms with Gasteiger partial charge in [-0.3, -0.25) is 9.59 Å². The van der Waals surface area contributed by atoms with E-state index < -0.39 is 18.1 Å². The number of carbonyl (C=O) groups is 2. The van der Waals surface area contributed by atoms with E-state index in [9.17, 15) is 14.7 Å². The number of rotatable bonds is 8. The van der Waals surface area contributed by atoms with Crippen LogP contribution in [0.2, 0.25) is 0 Å². The second kappa shape index (κ2) is 9.03. The molecule has 1 aromatic heterocycles. The minimum Gasteiger partial charge on any atom is -0.459 e. The van der Waals surface area contributed by atoms with Gasteiger partial charge in [-0.1, -0.05) is 44.2 Å². The normalized spacial score (nSPS) is 13.3. The smallest absolute Gasteiger partial charge is 0.287 e. The summed E-state index contributed by atoms with van der Waals surface area (Å²) in [4.78, 5) is 24.4. The zero-order valence-electron chi connectivity index (χ0n) is 14.4. The number of benzene rings is 1. The highest BCUT2D eigenvalue weighted by atomic mass is 16.3. The minimum absolute atomic E-state index is 0.106. The highest BCUT2D eigenvalue weighted by molar-refractivity contribution is 5.95. The third-order valence-corrected chi connectivity index (χ3v) is 3.81. The Hall–Kier alpha value is -2.60. The lowest BCUT2D eigenvalue weighted by Crippen LogP contribution is -2.51. The van der Waals surface area contributed by atoms with Crippen LogP contribution < -0.4 is 10.6 Å². The molecule has 2 aromatic rings. The third kappa shape index (κ3) is 5.76. The van der Waals surface area contributed by atoms with Crippen LogP contribution in [-0.2, 0) is 11.2 Å². The molecule has 0 saturated carbocycles. The zero-order valence-corrected chi connectivity index (χ0v) is 14.4. The maximum Gasteiger partial charge on any atom is 0.287 e. The average Bonchev–Trinajstić information content (AvgIpc) is 3.12. The third-order valence-electron chi connectivity index (χ3n) is 3.81. The van der Waals surface area contributed by atoms with Crippen LogP contribution >= 0.6 is 0 Å². The topological polar surface area (TPSA) is 91.6 Å². The molecular weight excluding hydrogens is 320 g/mol. The molecule has 0 aliphatic carbocycles. The number of nitrogens with one attached hydrogen (secondary N) is 2. The highest BCUT2D eigenvalue weighted by Crippen LogP contribution is 2.07. The summed E-state index contributed by atoms with van der Waals surface area (Å²) in [5, 5.41) is 15.5. The van der Waals surface area contributed by atoms with Gasteiger partial charge in [-0.05, 0) is 23.6 Å². The van der Waals surface area contributed by atoms with Crippen molar-refractivity contribution in [2.24, 2.45) is 5.92 Å². The Morgan fingerprint density at radius 3 is 2.44 bits per heavy atom. The summed E-state index contributed by atoms with van der Waals surface area (Å²) < 4.78 is 5.04. The van der Waals surface area contributed by atoms with Crippen molar-refractivity contribution in [1.29, 1.82) is 0 Å². The maximum atomic E-state index is 12.4. The summed E-state index contributed by atoms with van der Waals surface area (Å²) >= 11 is 0. The first kappa shape index (κ1) is 18.7. The molecule has 0 spiro atoms. The predicted molar refractivity (Wildman–Crippen MR) is 94.0 cm³/mol. The number of furan rings is 1. The largest absolute Gasteiger partial charge is 0.459 e. The van der Waals surface area contributed by atoms with Crippen LogP contribution in [0.25, 0.3) is 0 Å². The van der Waals surface area contributed by atoms with Crippen LogP contribution in [0.1, 0.15) is 30.0 Å². The number of aliphatic hydroxyl groups excluding tert-OH is 1. The van der Waals surface area contributed by atoms with Gasteiger partial charge in [0.2, 0.25) is 5.91 Å². The van der Waals surface area contributed by atoms with E-state index in [4.69, 9.17) is 4.42 Å². The summed E-state index contributed by atoms with van der Waals surface area (Å²) in [6.07, 6.45) is 1.16. The molecule has 25 heavy (non-hydrogen) atoms. The molecule has 1 aromatic carbocycles. The Balaban J connectivity index is 1.86. The van der Waals surface area contributed by atoms with E-state index in [1.54, 1.807) is 6.07 Å². The van der Waals surface area contributed by atoms with Gasteiger partial charge in [0, 0.05) is 13.0 Å². The Morgan fingerprint density at radius 1 is 1.12 bits per heavy atom. The van der Waals surface area contributed by atoms with Crippen LogP contribution in [0.3, 0.4) is 0 Å². The van der Waals surface area contributed by atoms with Crippen molar-refractivity contribution in [2.45, 2.75) is 32.4 Å². The lowest BCUT2D eigenvalue weighted by atomic mass is 10.0. The molecule has 0 aliphatic rings. The SMILES string of the molecule is CC(C)C(NC(=O)c1ccco1)C(=O)NCC(O)Cc1ccccc1. The first-order chi connectivity index (χ1) is 12.0. The summed E-state index contributed by atoms with van der Waals surface area (Å²) in [6, 6.07) is 12.0. The second-order valence-corrected chi connectivity index (χ2v) is 6.26. The van der Waals surface area contributed by atoms with E-state index in [-0.39, 0.29) is 24.1 Å². The van der Waals surface area contributed by atoms with Gasteiger partial charge >= 0.3 is 0 Å². The van der Waals surface area contributed by atoms with Crippen LogP contribution in [-0.4, -0.2) is 35.6 Å². The van der Waals surface area contributed by atoms with Crippen LogP contribution in [0, 0.1) is 5.92 Å². The lowest BCUT2D eigenvalue weighted by Gasteiger charge is -2.22. The number of hydrogen-bond donors (Lipinski definition) is 3. The van der Waals surface area contributed by atoms with Crippen molar-refractivity contribution < 1.29 is 19.1 Å². The standard InChI is InChI=1S/C19H24N2O4/c1-13(2)17(21-18(23)16-9-6-10-25-16)19(24)20-12-15(22)11-14-7-4-3-5-8-14/h3-10,13,15,17,22H,11-12H2,1-2H3,(H,20,24)(H,21,23). The average molecular weight is 344 g/mol. The van der Waals surface area contributed by atoms with Gasteiger partial charge < -0.3 is 20.2 Å². The van der Waals surface area contributed by atoms with Gasteiger partial charge in [0.05, 0.1) is 12.4 Å². The molecule has 0 bridgehead atoms. The van der Waals surface area contributed by atoms with Crippen molar-refractivity contribution in [3.05, 3.63) is 60.1 Å². The number of amides is 2. The minimum atomic E-state index is -0.707. The molecule has 1 heterocycles. The molecule has 0 aliphatic heterocycles. The molecule has 6 heteroatoms. The molecule has 2 unspecified atom stereocenters. The summed E-state index contributed by atoms with van der Waals surface area (Å²) in [5.41, 5.74) is 0.996. The van der Waals surface area contributed by atoms with Crippen LogP contribution in [0.4, 0.5) is 0 Å². The molecule has 2 atom stereocenters. The fourth-order valence-corrected chi connectivity index (χ4v) is 2.44. The monoisotopic (exact) mass is 344 g/mol. The quantitative estimate of drug-likeness (QED) is 0.680. The summed E-state index contributed by atoms with van der Waals surface area (Å²) in [5.74, 6) is -0.724. The van der Waals surface area contributed by atoms with Crippen molar-refractivity contribution in [3.8, 4) is 0 Å². The van der Waals surface area contributed by atoms with Crippen LogP contribution in [0.5, 0.6) is 0 Å². The van der Waals surface area contributed by atoms with E-state index in [0.717, 1.165) is 5.56 Å². The van der Waals surface area contributed by atoms with Gasteiger partial charge in [0.25, 0.3) is 5.91 Å². The van der Waals surface area contributed by atoms with Crippen molar-refractivity contribution >= 4 is 11.8 Å². The van der Waals surface area contributed by atoms with Crippen molar-refractivity contribution in [1.82, 2.24) is 10.6 Å². The fourth-order valence-electron chi connectivity index (χ4n) is 2.44. The molecule has 3 N–H and O–H groups in total. The fraction of sp³-hybridized carbons (Fsp3) is 0.368. The molecule has 0 saturated heterocycles. The summed E-state index contributed by atoms with van der Waals surface area (Å²) in [6.45, 7) is 3.80. The van der Waals surface area contributed by atoms with Gasteiger partial charge in [0.1, 0.15) is 6.04 Å². The molecule has 134 valence electrons. The summed E-state index contributed by atoms with van der Waals surface area (Å²) in [7, 11) is 0. The van der Waals surface area contributed by atoms with E-state index in [1.165, 1.54) is 12.3 Å². The Kier molecular flexibility index (Phi) is 6.77. The second-order valence-electron chi connectivity index (χ2n) is 6.26. The molecule has 0 radical (unpaired) electrons. The molecule has 2 rings (SSSR count). The molecular formula is C19H24N2O4. The van der Waals surface area contributed by atoms with Gasteiger partial charge in [-0.15, -0.1) is 0 Å². The van der Waals surface area contributed by atoms with Crippen molar-refractivity contribution in [2.75, 3.05) is 6.54 Å². The Labute approximate surface area is 147 Å². The molecule has 2 amide bonds. The highest BCUT2D eigenvalue weighted by Gasteiger charge is 2.25. The molecule has 0 fully saturated rings. The predicted octanol–water partition coefficient (Wildman–Crippen LogP) is 1.75. The number of hydrogen-bond acceptors (Lipinski definition) is 4.